The Morgan fingerprint density at radius 1 is 1.40 bits per heavy atom. The summed E-state index contributed by atoms with van der Waals surface area (Å²) in [5.74, 6) is -1.15. The number of ether oxygens (including phenoxy) is 1. The Bertz CT molecular complexity index is 666. The Balaban J connectivity index is 2.15. The summed E-state index contributed by atoms with van der Waals surface area (Å²) < 4.78 is 10.9. The van der Waals surface area contributed by atoms with E-state index in [0.717, 1.165) is 0 Å². The number of aromatic carboxylic acids is 1. The molecule has 2 rings (SSSR count). The third kappa shape index (κ3) is 3.15. The van der Waals surface area contributed by atoms with Gasteiger partial charge in [-0.05, 0) is 24.3 Å². The molecule has 0 saturated carbocycles. The molecule has 0 amide bonds. The molecular formula is C12H8BrNO6. The maximum atomic E-state index is 11.0. The lowest BCUT2D eigenvalue weighted by Crippen LogP contribution is -2.03. The van der Waals surface area contributed by atoms with Crippen LogP contribution in [0.5, 0.6) is 5.75 Å². The second kappa shape index (κ2) is 5.74. The first-order valence-electron chi connectivity index (χ1n) is 5.36. The van der Waals surface area contributed by atoms with Crippen molar-refractivity contribution in [2.45, 2.75) is 6.61 Å². The Hall–Kier alpha value is -2.35. The predicted octanol–water partition coefficient (Wildman–Crippen LogP) is 3.23. The number of benzene rings is 1. The second-order valence-electron chi connectivity index (χ2n) is 3.73. The molecule has 0 spiro atoms. The van der Waals surface area contributed by atoms with Crippen LogP contribution in [0.15, 0.2) is 39.2 Å². The number of nitro groups is 1. The second-order valence-corrected chi connectivity index (χ2v) is 4.65. The molecule has 0 bridgehead atoms. The highest BCUT2D eigenvalue weighted by Crippen LogP contribution is 2.25. The molecule has 0 aliphatic carbocycles. The molecule has 0 aliphatic heterocycles. The van der Waals surface area contributed by atoms with Gasteiger partial charge in [-0.25, -0.2) is 4.79 Å². The summed E-state index contributed by atoms with van der Waals surface area (Å²) in [4.78, 5) is 20.8. The molecule has 1 N–H and O–H groups in total. The fraction of sp³-hybridized carbons (Fsp3) is 0.0833. The summed E-state index contributed by atoms with van der Waals surface area (Å²) in [6.07, 6.45) is 0. The molecule has 2 aromatic rings. The number of hydrogen-bond acceptors (Lipinski definition) is 5. The Morgan fingerprint density at radius 3 is 2.75 bits per heavy atom. The lowest BCUT2D eigenvalue weighted by molar-refractivity contribution is -0.402. The van der Waals surface area contributed by atoms with E-state index < -0.39 is 16.8 Å². The van der Waals surface area contributed by atoms with Crippen LogP contribution in [0.2, 0.25) is 0 Å². The van der Waals surface area contributed by atoms with Crippen LogP contribution in [-0.4, -0.2) is 16.0 Å². The van der Waals surface area contributed by atoms with Crippen molar-refractivity contribution in [3.05, 3.63) is 56.2 Å². The summed E-state index contributed by atoms with van der Waals surface area (Å²) in [6.45, 7) is -0.107. The Labute approximate surface area is 121 Å². The van der Waals surface area contributed by atoms with Gasteiger partial charge in [-0.15, -0.1) is 0 Å². The monoisotopic (exact) mass is 341 g/mol. The Morgan fingerprint density at radius 2 is 2.15 bits per heavy atom. The molecule has 1 heterocycles. The predicted molar refractivity (Wildman–Crippen MR) is 70.8 cm³/mol. The number of furan rings is 1. The highest BCUT2D eigenvalue weighted by atomic mass is 79.9. The molecule has 7 nitrogen and oxygen atoms in total. The van der Waals surface area contributed by atoms with Crippen LogP contribution in [-0.2, 0) is 6.61 Å². The van der Waals surface area contributed by atoms with E-state index in [1.165, 1.54) is 24.3 Å². The summed E-state index contributed by atoms with van der Waals surface area (Å²) >= 11 is 3.21. The SMILES string of the molecule is O=C(O)c1ccc(Br)cc1OCc1ccc([N+](=O)[O-])o1. The molecule has 1 aromatic carbocycles. The van der Waals surface area contributed by atoms with E-state index in [0.29, 0.717) is 4.47 Å². The molecule has 0 saturated heterocycles. The van der Waals surface area contributed by atoms with Gasteiger partial charge in [0.1, 0.15) is 28.6 Å². The minimum atomic E-state index is -1.13. The third-order valence-corrected chi connectivity index (χ3v) is 2.86. The van der Waals surface area contributed by atoms with Gasteiger partial charge < -0.3 is 14.3 Å². The maximum absolute atomic E-state index is 11.0. The van der Waals surface area contributed by atoms with Crippen LogP contribution in [0.3, 0.4) is 0 Å². The topological polar surface area (TPSA) is 103 Å². The van der Waals surface area contributed by atoms with Crippen LogP contribution >= 0.6 is 15.9 Å². The van der Waals surface area contributed by atoms with Crippen molar-refractivity contribution >= 4 is 27.8 Å². The van der Waals surface area contributed by atoms with Gasteiger partial charge in [0.2, 0.25) is 0 Å². The maximum Gasteiger partial charge on any atom is 0.433 e. The summed E-state index contributed by atoms with van der Waals surface area (Å²) in [7, 11) is 0. The third-order valence-electron chi connectivity index (χ3n) is 2.37. The summed E-state index contributed by atoms with van der Waals surface area (Å²) in [5.41, 5.74) is -0.00532. The molecule has 0 atom stereocenters. The van der Waals surface area contributed by atoms with E-state index in [2.05, 4.69) is 15.9 Å². The highest BCUT2D eigenvalue weighted by molar-refractivity contribution is 9.10. The van der Waals surface area contributed by atoms with Crippen LogP contribution in [0.4, 0.5) is 5.88 Å². The van der Waals surface area contributed by atoms with E-state index in [1.807, 2.05) is 0 Å². The lowest BCUT2D eigenvalue weighted by atomic mass is 10.2. The van der Waals surface area contributed by atoms with Gasteiger partial charge in [-0.3, -0.25) is 10.1 Å². The van der Waals surface area contributed by atoms with Crippen molar-refractivity contribution in [3.8, 4) is 5.75 Å². The minimum Gasteiger partial charge on any atom is -0.485 e. The number of nitrogens with zero attached hydrogens (tertiary/aromatic N) is 1. The number of halogens is 1. The van der Waals surface area contributed by atoms with Gasteiger partial charge in [-0.2, -0.15) is 0 Å². The van der Waals surface area contributed by atoms with Crippen LogP contribution < -0.4 is 4.74 Å². The first-order chi connectivity index (χ1) is 9.47. The molecular weight excluding hydrogens is 334 g/mol. The van der Waals surface area contributed by atoms with Crippen LogP contribution in [0, 0.1) is 10.1 Å². The largest absolute Gasteiger partial charge is 0.485 e. The molecule has 104 valence electrons. The molecule has 20 heavy (non-hydrogen) atoms. The van der Waals surface area contributed by atoms with E-state index in [1.54, 1.807) is 6.07 Å². The molecule has 8 heteroatoms. The number of carboxylic acids is 1. The van der Waals surface area contributed by atoms with Gasteiger partial charge in [0.25, 0.3) is 0 Å². The fourth-order valence-corrected chi connectivity index (χ4v) is 1.82. The molecule has 0 fully saturated rings. The normalized spacial score (nSPS) is 10.2. The molecule has 0 radical (unpaired) electrons. The van der Waals surface area contributed by atoms with Crippen molar-refractivity contribution in [3.63, 3.8) is 0 Å². The summed E-state index contributed by atoms with van der Waals surface area (Å²) in [5, 5.41) is 19.5. The van der Waals surface area contributed by atoms with Crippen molar-refractivity contribution in [1.29, 1.82) is 0 Å². The average Bonchev–Trinajstić information content (AvgIpc) is 2.85. The van der Waals surface area contributed by atoms with Crippen molar-refractivity contribution in [1.82, 2.24) is 0 Å². The van der Waals surface area contributed by atoms with Gasteiger partial charge in [-0.1, -0.05) is 15.9 Å². The van der Waals surface area contributed by atoms with E-state index in [4.69, 9.17) is 14.3 Å². The van der Waals surface area contributed by atoms with E-state index in [-0.39, 0.29) is 23.7 Å². The first kappa shape index (κ1) is 14.1. The highest BCUT2D eigenvalue weighted by Gasteiger charge is 2.15. The van der Waals surface area contributed by atoms with Crippen LogP contribution in [0.1, 0.15) is 16.1 Å². The van der Waals surface area contributed by atoms with Gasteiger partial charge in [0.15, 0.2) is 0 Å². The quantitative estimate of drug-likeness (QED) is 0.661. The zero-order valence-electron chi connectivity index (χ0n) is 9.91. The standard InChI is InChI=1S/C12H8BrNO6/c13-7-1-3-9(12(15)16)10(5-7)19-6-8-2-4-11(20-8)14(17)18/h1-5H,6H2,(H,15,16). The fourth-order valence-electron chi connectivity index (χ4n) is 1.48. The van der Waals surface area contributed by atoms with E-state index in [9.17, 15) is 14.9 Å². The number of carbonyl (C=O) groups is 1. The Kier molecular flexibility index (Phi) is 4.04. The summed E-state index contributed by atoms with van der Waals surface area (Å²) in [6, 6.07) is 7.08. The van der Waals surface area contributed by atoms with Crippen molar-refractivity contribution in [2.24, 2.45) is 0 Å². The zero-order chi connectivity index (χ0) is 14.7. The zero-order valence-corrected chi connectivity index (χ0v) is 11.5. The lowest BCUT2D eigenvalue weighted by Gasteiger charge is -2.08. The number of hydrogen-bond donors (Lipinski definition) is 1. The minimum absolute atomic E-state index is 0.00532. The van der Waals surface area contributed by atoms with Gasteiger partial charge in [0.05, 0.1) is 6.07 Å². The molecule has 0 aliphatic rings. The van der Waals surface area contributed by atoms with Gasteiger partial charge >= 0.3 is 11.9 Å². The number of rotatable bonds is 5. The molecule has 0 unspecified atom stereocenters. The van der Waals surface area contributed by atoms with Crippen LogP contribution in [0.25, 0.3) is 0 Å². The van der Waals surface area contributed by atoms with Crippen molar-refractivity contribution < 1.29 is 24.0 Å². The van der Waals surface area contributed by atoms with Crippen molar-refractivity contribution in [2.75, 3.05) is 0 Å². The molecule has 1 aromatic heterocycles. The average molecular weight is 342 g/mol. The first-order valence-corrected chi connectivity index (χ1v) is 6.15. The van der Waals surface area contributed by atoms with Gasteiger partial charge in [0, 0.05) is 4.47 Å². The smallest absolute Gasteiger partial charge is 0.433 e. The van der Waals surface area contributed by atoms with E-state index >= 15 is 0 Å². The number of carboxylic acid groups (broad SMARTS) is 1.